The van der Waals surface area contributed by atoms with Gasteiger partial charge in [0.15, 0.2) is 0 Å². The van der Waals surface area contributed by atoms with Crippen LogP contribution in [0, 0.1) is 11.3 Å². The van der Waals surface area contributed by atoms with Crippen molar-refractivity contribution in [3.05, 3.63) is 45.5 Å². The summed E-state index contributed by atoms with van der Waals surface area (Å²) in [5.74, 6) is -0.235. The molecular weight excluding hydrogens is 314 g/mol. The molecule has 0 bridgehead atoms. The molecule has 0 atom stereocenters. The molecule has 0 unspecified atom stereocenters. The maximum absolute atomic E-state index is 12.2. The lowest BCUT2D eigenvalue weighted by atomic mass is 10.2. The van der Waals surface area contributed by atoms with Crippen molar-refractivity contribution in [3.8, 4) is 6.07 Å². The molecule has 0 aliphatic heterocycles. The maximum Gasteiger partial charge on any atom is 0.277 e. The topological polar surface area (TPSA) is 57.0 Å². The standard InChI is InChI=1S/C12H8BrN3OS/c1-16(11-3-2-10(13)18-11)12(17)9-6-8(7-14)4-5-15-9/h2-6H,1H3. The van der Waals surface area contributed by atoms with Gasteiger partial charge in [-0.25, -0.2) is 0 Å². The molecule has 90 valence electrons. The first-order valence-electron chi connectivity index (χ1n) is 5.01. The van der Waals surface area contributed by atoms with Gasteiger partial charge in [-0.15, -0.1) is 11.3 Å². The molecule has 0 fully saturated rings. The number of pyridine rings is 1. The number of rotatable bonds is 2. The Morgan fingerprint density at radius 3 is 2.89 bits per heavy atom. The number of amides is 1. The van der Waals surface area contributed by atoms with E-state index < -0.39 is 0 Å². The lowest BCUT2D eigenvalue weighted by Crippen LogP contribution is -2.26. The molecule has 4 nitrogen and oxygen atoms in total. The first-order valence-corrected chi connectivity index (χ1v) is 6.62. The van der Waals surface area contributed by atoms with E-state index in [1.807, 2.05) is 18.2 Å². The summed E-state index contributed by atoms with van der Waals surface area (Å²) in [7, 11) is 1.68. The Morgan fingerprint density at radius 2 is 2.28 bits per heavy atom. The van der Waals surface area contributed by atoms with E-state index in [4.69, 9.17) is 5.26 Å². The molecule has 2 rings (SSSR count). The van der Waals surface area contributed by atoms with Gasteiger partial charge in [-0.05, 0) is 40.2 Å². The van der Waals surface area contributed by atoms with Crippen molar-refractivity contribution in [2.24, 2.45) is 0 Å². The summed E-state index contributed by atoms with van der Waals surface area (Å²) in [5, 5.41) is 9.61. The van der Waals surface area contributed by atoms with E-state index in [1.54, 1.807) is 13.1 Å². The number of halogens is 1. The van der Waals surface area contributed by atoms with Gasteiger partial charge in [0, 0.05) is 13.2 Å². The highest BCUT2D eigenvalue weighted by Crippen LogP contribution is 2.29. The third kappa shape index (κ3) is 2.58. The van der Waals surface area contributed by atoms with Gasteiger partial charge in [-0.1, -0.05) is 0 Å². The molecule has 2 aromatic heterocycles. The third-order valence-corrected chi connectivity index (χ3v) is 4.00. The van der Waals surface area contributed by atoms with E-state index in [0.29, 0.717) is 5.56 Å². The second kappa shape index (κ2) is 5.29. The molecule has 0 saturated carbocycles. The van der Waals surface area contributed by atoms with E-state index in [-0.39, 0.29) is 11.6 Å². The van der Waals surface area contributed by atoms with Crippen LogP contribution in [0.4, 0.5) is 5.00 Å². The van der Waals surface area contributed by atoms with Crippen LogP contribution in [0.25, 0.3) is 0 Å². The Kier molecular flexibility index (Phi) is 3.75. The minimum atomic E-state index is -0.235. The number of nitrogens with zero attached hydrogens (tertiary/aromatic N) is 3. The Balaban J connectivity index is 2.28. The third-order valence-electron chi connectivity index (χ3n) is 2.30. The number of carbonyl (C=O) groups excluding carboxylic acids is 1. The second-order valence-electron chi connectivity index (χ2n) is 3.48. The number of anilines is 1. The lowest BCUT2D eigenvalue weighted by molar-refractivity contribution is 0.0989. The molecule has 0 aliphatic rings. The van der Waals surface area contributed by atoms with Gasteiger partial charge in [0.2, 0.25) is 0 Å². The molecule has 2 aromatic rings. The second-order valence-corrected chi connectivity index (χ2v) is 5.92. The Bertz CT molecular complexity index is 632. The normalized spacial score (nSPS) is 9.83. The number of hydrogen-bond acceptors (Lipinski definition) is 4. The smallest absolute Gasteiger partial charge is 0.277 e. The van der Waals surface area contributed by atoms with E-state index >= 15 is 0 Å². The summed E-state index contributed by atoms with van der Waals surface area (Å²) in [6, 6.07) is 8.77. The van der Waals surface area contributed by atoms with Crippen LogP contribution in [0.15, 0.2) is 34.2 Å². The molecule has 18 heavy (non-hydrogen) atoms. The summed E-state index contributed by atoms with van der Waals surface area (Å²) in [4.78, 5) is 17.7. The molecule has 2 heterocycles. The number of nitriles is 1. The van der Waals surface area contributed by atoms with Crippen molar-refractivity contribution in [1.29, 1.82) is 5.26 Å². The number of aromatic nitrogens is 1. The summed E-state index contributed by atoms with van der Waals surface area (Å²) in [6.07, 6.45) is 1.46. The summed E-state index contributed by atoms with van der Waals surface area (Å²) in [6.45, 7) is 0. The van der Waals surface area contributed by atoms with Crippen LogP contribution >= 0.6 is 27.3 Å². The fourth-order valence-electron chi connectivity index (χ4n) is 1.37. The molecule has 0 radical (unpaired) electrons. The highest BCUT2D eigenvalue weighted by molar-refractivity contribution is 9.11. The largest absolute Gasteiger partial charge is 0.301 e. The summed E-state index contributed by atoms with van der Waals surface area (Å²) < 4.78 is 0.955. The van der Waals surface area contributed by atoms with E-state index in [1.165, 1.54) is 28.5 Å². The average molecular weight is 322 g/mol. The van der Waals surface area contributed by atoms with Crippen molar-refractivity contribution in [3.63, 3.8) is 0 Å². The Hall–Kier alpha value is -1.71. The molecule has 6 heteroatoms. The van der Waals surface area contributed by atoms with Gasteiger partial charge in [0.05, 0.1) is 20.4 Å². The van der Waals surface area contributed by atoms with Gasteiger partial charge in [-0.3, -0.25) is 9.78 Å². The molecule has 0 aromatic carbocycles. The zero-order valence-corrected chi connectivity index (χ0v) is 11.8. The number of carbonyl (C=O) groups is 1. The quantitative estimate of drug-likeness (QED) is 0.854. The minimum Gasteiger partial charge on any atom is -0.301 e. The monoisotopic (exact) mass is 321 g/mol. The van der Waals surface area contributed by atoms with Gasteiger partial charge in [-0.2, -0.15) is 5.26 Å². The van der Waals surface area contributed by atoms with Crippen LogP contribution in [-0.4, -0.2) is 17.9 Å². The van der Waals surface area contributed by atoms with Crippen LogP contribution in [-0.2, 0) is 0 Å². The molecular formula is C12H8BrN3OS. The fraction of sp³-hybridized carbons (Fsp3) is 0.0833. The van der Waals surface area contributed by atoms with E-state index in [9.17, 15) is 4.79 Å². The van der Waals surface area contributed by atoms with Crippen LogP contribution in [0.5, 0.6) is 0 Å². The first kappa shape index (κ1) is 12.7. The van der Waals surface area contributed by atoms with Crippen molar-refractivity contribution in [2.45, 2.75) is 0 Å². The minimum absolute atomic E-state index is 0.235. The van der Waals surface area contributed by atoms with Crippen molar-refractivity contribution in [2.75, 3.05) is 11.9 Å². The van der Waals surface area contributed by atoms with Crippen molar-refractivity contribution in [1.82, 2.24) is 4.98 Å². The Labute approximate surface area is 117 Å². The molecule has 0 spiro atoms. The highest BCUT2D eigenvalue weighted by atomic mass is 79.9. The van der Waals surface area contributed by atoms with Crippen molar-refractivity contribution >= 4 is 38.2 Å². The van der Waals surface area contributed by atoms with E-state index in [2.05, 4.69) is 20.9 Å². The zero-order valence-electron chi connectivity index (χ0n) is 9.42. The SMILES string of the molecule is CN(C(=O)c1cc(C#N)ccn1)c1ccc(Br)s1. The van der Waals surface area contributed by atoms with Gasteiger partial charge >= 0.3 is 0 Å². The highest BCUT2D eigenvalue weighted by Gasteiger charge is 2.16. The van der Waals surface area contributed by atoms with Crippen LogP contribution in [0.1, 0.15) is 16.1 Å². The van der Waals surface area contributed by atoms with Crippen LogP contribution in [0.3, 0.4) is 0 Å². The van der Waals surface area contributed by atoms with Crippen molar-refractivity contribution < 1.29 is 4.79 Å². The summed E-state index contributed by atoms with van der Waals surface area (Å²) >= 11 is 4.81. The molecule has 0 aliphatic carbocycles. The first-order chi connectivity index (χ1) is 8.61. The van der Waals surface area contributed by atoms with Gasteiger partial charge in [0.1, 0.15) is 5.69 Å². The molecule has 0 N–H and O–H groups in total. The van der Waals surface area contributed by atoms with E-state index in [0.717, 1.165) is 8.79 Å². The molecule has 0 saturated heterocycles. The zero-order chi connectivity index (χ0) is 13.1. The Morgan fingerprint density at radius 1 is 1.50 bits per heavy atom. The number of thiophene rings is 1. The van der Waals surface area contributed by atoms with Crippen LogP contribution < -0.4 is 4.90 Å². The fourth-order valence-corrected chi connectivity index (χ4v) is 2.70. The summed E-state index contributed by atoms with van der Waals surface area (Å²) in [5.41, 5.74) is 0.690. The lowest BCUT2D eigenvalue weighted by Gasteiger charge is -2.14. The molecule has 1 amide bonds. The number of hydrogen-bond donors (Lipinski definition) is 0. The van der Waals surface area contributed by atoms with Gasteiger partial charge in [0.25, 0.3) is 5.91 Å². The van der Waals surface area contributed by atoms with Crippen LogP contribution in [0.2, 0.25) is 0 Å². The predicted molar refractivity (Wildman–Crippen MR) is 73.7 cm³/mol. The predicted octanol–water partition coefficient (Wildman–Crippen LogP) is 3.05. The van der Waals surface area contributed by atoms with Gasteiger partial charge < -0.3 is 4.90 Å². The maximum atomic E-state index is 12.2. The average Bonchev–Trinajstić information content (AvgIpc) is 2.83.